The highest BCUT2D eigenvalue weighted by atomic mass is 16.6. The summed E-state index contributed by atoms with van der Waals surface area (Å²) in [5, 5.41) is 41.9. The van der Waals surface area contributed by atoms with Crippen molar-refractivity contribution in [1.82, 2.24) is 0 Å². The van der Waals surface area contributed by atoms with Crippen LogP contribution in [0.25, 0.3) is 0 Å². The van der Waals surface area contributed by atoms with Crippen LogP contribution in [0.2, 0.25) is 0 Å². The van der Waals surface area contributed by atoms with Crippen molar-refractivity contribution >= 4 is 11.8 Å². The van der Waals surface area contributed by atoms with Crippen LogP contribution in [-0.2, 0) is 24.6 Å². The molecule has 0 saturated carbocycles. The summed E-state index contributed by atoms with van der Waals surface area (Å²) in [6.07, 6.45) is -4.81. The molecule has 4 atom stereocenters. The number of aliphatic hydroxyl groups excluding tert-OH is 1. The van der Waals surface area contributed by atoms with Crippen LogP contribution in [0.15, 0.2) is 152 Å². The third kappa shape index (κ3) is 9.56. The summed E-state index contributed by atoms with van der Waals surface area (Å²) in [7, 11) is 1.41. The lowest BCUT2D eigenvalue weighted by molar-refractivity contribution is -0.0151. The van der Waals surface area contributed by atoms with Crippen LogP contribution in [0, 0.1) is 0 Å². The van der Waals surface area contributed by atoms with Gasteiger partial charge in [0.15, 0.2) is 52.8 Å². The normalized spacial score (nSPS) is 17.1. The van der Waals surface area contributed by atoms with Crippen LogP contribution in [0.4, 0.5) is 0 Å². The van der Waals surface area contributed by atoms with Gasteiger partial charge in [-0.25, -0.2) is 4.79 Å². The summed E-state index contributed by atoms with van der Waals surface area (Å²) >= 11 is 0. The maximum absolute atomic E-state index is 14.6. The molecule has 7 aromatic carbocycles. The lowest BCUT2D eigenvalue weighted by atomic mass is 9.92. The minimum atomic E-state index is -1.71. The van der Waals surface area contributed by atoms with E-state index in [1.54, 1.807) is 30.3 Å². The highest BCUT2D eigenvalue weighted by Gasteiger charge is 2.44. The quantitative estimate of drug-likeness (QED) is 0.0714. The lowest BCUT2D eigenvalue weighted by Gasteiger charge is -2.35. The number of phenolic OH excluding ortho intramolecular Hbond substituents is 3. The monoisotopic (exact) mass is 904 g/mol. The number of carbonyl (C=O) groups is 2. The van der Waals surface area contributed by atoms with E-state index in [9.17, 15) is 30.0 Å². The van der Waals surface area contributed by atoms with E-state index in [0.29, 0.717) is 5.56 Å². The zero-order valence-corrected chi connectivity index (χ0v) is 35.9. The Morgan fingerprint density at radius 3 is 1.73 bits per heavy atom. The van der Waals surface area contributed by atoms with E-state index in [4.69, 9.17) is 37.9 Å². The molecule has 14 nitrogen and oxygen atoms in total. The first-order valence-electron chi connectivity index (χ1n) is 21.3. The van der Waals surface area contributed by atoms with E-state index in [-0.39, 0.29) is 88.3 Å². The Hall–Kier alpha value is -8.36. The molecule has 0 bridgehead atoms. The van der Waals surface area contributed by atoms with Crippen LogP contribution in [0.1, 0.15) is 60.7 Å². The van der Waals surface area contributed by atoms with Gasteiger partial charge in [0.25, 0.3) is 0 Å². The molecule has 0 amide bonds. The number of hydrogen-bond acceptors (Lipinski definition) is 14. The Balaban J connectivity index is 1.09. The van der Waals surface area contributed by atoms with Crippen molar-refractivity contribution < 1.29 is 67.9 Å². The average Bonchev–Trinajstić information content (AvgIpc) is 3.35. The van der Waals surface area contributed by atoms with Crippen LogP contribution >= 0.6 is 0 Å². The second kappa shape index (κ2) is 19.4. The summed E-state index contributed by atoms with van der Waals surface area (Å²) in [5.41, 5.74) is 3.00. The minimum absolute atomic E-state index is 0.0603. The van der Waals surface area contributed by atoms with Gasteiger partial charge in [-0.05, 0) is 53.1 Å². The highest BCUT2D eigenvalue weighted by Crippen LogP contribution is 2.47. The van der Waals surface area contributed by atoms with Gasteiger partial charge in [0.2, 0.25) is 17.6 Å². The summed E-state index contributed by atoms with van der Waals surface area (Å²) in [4.78, 5) is 29.2. The first-order chi connectivity index (χ1) is 32.6. The van der Waals surface area contributed by atoms with E-state index < -0.39 is 48.5 Å². The number of carbonyl (C=O) groups excluding carboxylic acids is 2. The van der Waals surface area contributed by atoms with Crippen molar-refractivity contribution in [2.45, 2.75) is 44.2 Å². The second-order valence-corrected chi connectivity index (χ2v) is 15.7. The van der Waals surface area contributed by atoms with Gasteiger partial charge in [-0.15, -0.1) is 0 Å². The lowest BCUT2D eigenvalue weighted by Crippen LogP contribution is -2.40. The van der Waals surface area contributed by atoms with Crippen molar-refractivity contribution in [3.8, 4) is 57.5 Å². The van der Waals surface area contributed by atoms with Gasteiger partial charge >= 0.3 is 5.97 Å². The zero-order chi connectivity index (χ0) is 46.4. The predicted octanol–water partition coefficient (Wildman–Crippen LogP) is 8.96. The van der Waals surface area contributed by atoms with Gasteiger partial charge < -0.3 is 58.3 Å². The Morgan fingerprint density at radius 1 is 0.567 bits per heavy atom. The number of phenols is 3. The zero-order valence-electron chi connectivity index (χ0n) is 35.9. The first-order valence-corrected chi connectivity index (χ1v) is 21.3. The maximum Gasteiger partial charge on any atom is 0.339 e. The van der Waals surface area contributed by atoms with Crippen LogP contribution in [0.3, 0.4) is 0 Å². The number of Topliss-reactive ketones (excluding diaryl/α,β-unsaturated/α-hetero) is 1. The molecule has 67 heavy (non-hydrogen) atoms. The molecule has 9 rings (SSSR count). The number of ether oxygens (including phenoxy) is 8. The third-order valence-electron chi connectivity index (χ3n) is 11.2. The predicted molar refractivity (Wildman–Crippen MR) is 241 cm³/mol. The van der Waals surface area contributed by atoms with E-state index in [2.05, 4.69) is 0 Å². The molecule has 14 heteroatoms. The third-order valence-corrected chi connectivity index (χ3v) is 11.2. The molecule has 7 aromatic rings. The van der Waals surface area contributed by atoms with Crippen molar-refractivity contribution in [3.05, 3.63) is 191 Å². The average molecular weight is 905 g/mol. The van der Waals surface area contributed by atoms with Gasteiger partial charge in [0.1, 0.15) is 42.6 Å². The van der Waals surface area contributed by atoms with Crippen molar-refractivity contribution in [3.63, 3.8) is 0 Å². The Bertz CT molecular complexity index is 2820. The topological polar surface area (TPSA) is 189 Å². The Labute approximate surface area is 384 Å². The fourth-order valence-corrected chi connectivity index (χ4v) is 7.81. The Kier molecular flexibility index (Phi) is 12.7. The number of fused-ring (bicyclic) bond motifs is 2. The SMILES string of the molecule is COc1cc(C2Oc3cc([C@H]4Oc5cc(O)cc(O)c5C(=O)[C@@H]4OC(=O)c4cc(OCc5ccccc5)c(OCc5ccccc5)c(OCc5ccccc5)c4)ccc3OC2CO)ccc1O. The van der Waals surface area contributed by atoms with Gasteiger partial charge in [-0.1, -0.05) is 103 Å². The van der Waals surface area contributed by atoms with E-state index in [1.807, 2.05) is 91.0 Å². The van der Waals surface area contributed by atoms with E-state index in [1.165, 1.54) is 31.4 Å². The van der Waals surface area contributed by atoms with Gasteiger partial charge in [-0.2, -0.15) is 0 Å². The van der Waals surface area contributed by atoms with Crippen LogP contribution in [-0.4, -0.2) is 58.1 Å². The van der Waals surface area contributed by atoms with E-state index >= 15 is 0 Å². The van der Waals surface area contributed by atoms with Crippen molar-refractivity contribution in [1.29, 1.82) is 0 Å². The fraction of sp³-hybridized carbons (Fsp3) is 0.170. The van der Waals surface area contributed by atoms with Gasteiger partial charge in [-0.3, -0.25) is 4.79 Å². The molecule has 2 aliphatic rings. The second-order valence-electron chi connectivity index (χ2n) is 15.7. The molecule has 0 fully saturated rings. The molecule has 2 heterocycles. The van der Waals surface area contributed by atoms with Gasteiger partial charge in [0.05, 0.1) is 19.3 Å². The molecule has 0 spiro atoms. The first kappa shape index (κ1) is 43.9. The maximum atomic E-state index is 14.6. The molecular weight excluding hydrogens is 861 g/mol. The number of methoxy groups -OCH3 is 1. The highest BCUT2D eigenvalue weighted by molar-refractivity contribution is 6.07. The summed E-state index contributed by atoms with van der Waals surface area (Å²) in [6.45, 7) is -0.0792. The molecule has 0 radical (unpaired) electrons. The molecule has 0 aliphatic carbocycles. The minimum Gasteiger partial charge on any atom is -0.508 e. The standard InChI is InChI=1S/C53H44O14/c1-60-41-21-34(17-19-38(41)56)49-46(27-54)64-40-20-18-35(22-42(40)65-49)50-52(48(58)47-39(57)25-37(55)26-43(47)66-50)67-53(59)36-23-44(61-28-31-11-5-2-6-12-31)51(63-30-33-15-9-4-10-16-33)45(24-36)62-29-32-13-7-3-8-14-32/h2-26,46,49-50,52,54-57H,27-30H2,1H3/t46?,49?,50-,52+/m1/s1. The van der Waals surface area contributed by atoms with Gasteiger partial charge in [0, 0.05) is 23.3 Å². The van der Waals surface area contributed by atoms with Crippen LogP contribution in [0.5, 0.6) is 57.5 Å². The number of aromatic hydroxyl groups is 3. The Morgan fingerprint density at radius 2 is 1.13 bits per heavy atom. The summed E-state index contributed by atoms with van der Waals surface area (Å²) in [5.74, 6) is -1.81. The molecule has 0 saturated heterocycles. The van der Waals surface area contributed by atoms with Crippen molar-refractivity contribution in [2.24, 2.45) is 0 Å². The fourth-order valence-electron chi connectivity index (χ4n) is 7.81. The number of rotatable bonds is 15. The number of hydrogen-bond donors (Lipinski definition) is 4. The molecular formula is C53H44O14. The molecule has 0 aromatic heterocycles. The molecule has 2 aliphatic heterocycles. The van der Waals surface area contributed by atoms with E-state index in [0.717, 1.165) is 22.8 Å². The summed E-state index contributed by atoms with van der Waals surface area (Å²) < 4.78 is 49.5. The number of esters is 1. The summed E-state index contributed by atoms with van der Waals surface area (Å²) in [6, 6.07) is 42.7. The molecule has 2 unspecified atom stereocenters. The smallest absolute Gasteiger partial charge is 0.339 e. The van der Waals surface area contributed by atoms with Crippen molar-refractivity contribution in [2.75, 3.05) is 13.7 Å². The number of aliphatic hydroxyl groups is 1. The number of ketones is 1. The molecule has 4 N–H and O–H groups in total. The largest absolute Gasteiger partial charge is 0.508 e. The van der Waals surface area contributed by atoms with Crippen LogP contribution < -0.4 is 33.2 Å². The number of benzene rings is 7. The molecule has 340 valence electrons.